The van der Waals surface area contributed by atoms with Gasteiger partial charge in [-0.1, -0.05) is 66.6 Å². The second kappa shape index (κ2) is 11.1. The van der Waals surface area contributed by atoms with Crippen LogP contribution in [0, 0.1) is 13.8 Å². The summed E-state index contributed by atoms with van der Waals surface area (Å²) in [4.78, 5) is 29.7. The molecule has 7 nitrogen and oxygen atoms in total. The molecule has 0 unspecified atom stereocenters. The lowest BCUT2D eigenvalue weighted by Gasteiger charge is -2.34. The van der Waals surface area contributed by atoms with Crippen LogP contribution in [-0.2, 0) is 17.8 Å². The predicted molar refractivity (Wildman–Crippen MR) is 139 cm³/mol. The van der Waals surface area contributed by atoms with Crippen molar-refractivity contribution < 1.29 is 9.59 Å². The van der Waals surface area contributed by atoms with Crippen LogP contribution in [0.4, 0.5) is 5.69 Å². The van der Waals surface area contributed by atoms with E-state index in [9.17, 15) is 9.59 Å². The number of aromatic nitrogens is 2. The molecule has 0 saturated carbocycles. The lowest BCUT2D eigenvalue weighted by molar-refractivity contribution is -0.117. The molecular weight excluding hydrogens is 462 g/mol. The van der Waals surface area contributed by atoms with Crippen molar-refractivity contribution in [3.05, 3.63) is 81.6 Å². The number of aryl methyl sites for hydroxylation is 3. The Labute approximate surface area is 211 Å². The normalized spacial score (nSPS) is 14.2. The fraction of sp³-hybridized carbons (Fsp3) is 0.370. The molecule has 4 rings (SSSR count). The first-order valence-corrected chi connectivity index (χ1v) is 12.4. The molecule has 0 radical (unpaired) electrons. The minimum absolute atomic E-state index is 0.0399. The van der Waals surface area contributed by atoms with Crippen LogP contribution < -0.4 is 5.32 Å². The maximum atomic E-state index is 13.3. The van der Waals surface area contributed by atoms with Gasteiger partial charge in [0.2, 0.25) is 5.91 Å². The van der Waals surface area contributed by atoms with Crippen LogP contribution in [0.25, 0.3) is 0 Å². The number of para-hydroxylation sites is 1. The van der Waals surface area contributed by atoms with Crippen LogP contribution in [-0.4, -0.2) is 64.1 Å². The van der Waals surface area contributed by atoms with Crippen molar-refractivity contribution in [2.75, 3.05) is 38.0 Å². The fourth-order valence-electron chi connectivity index (χ4n) is 4.38. The topological polar surface area (TPSA) is 70.5 Å². The van der Waals surface area contributed by atoms with Crippen LogP contribution in [0.3, 0.4) is 0 Å². The van der Waals surface area contributed by atoms with Gasteiger partial charge in [-0.05, 0) is 37.5 Å². The minimum Gasteiger partial charge on any atom is -0.336 e. The Hall–Kier alpha value is -3.16. The number of benzene rings is 2. The van der Waals surface area contributed by atoms with Crippen LogP contribution in [0.1, 0.15) is 39.7 Å². The summed E-state index contributed by atoms with van der Waals surface area (Å²) >= 11 is 6.61. The highest BCUT2D eigenvalue weighted by atomic mass is 35.5. The predicted octanol–water partition coefficient (Wildman–Crippen LogP) is 4.16. The number of nitrogens with one attached hydrogen (secondary N) is 1. The largest absolute Gasteiger partial charge is 0.336 e. The number of hydrogen-bond acceptors (Lipinski definition) is 4. The zero-order valence-electron chi connectivity index (χ0n) is 20.6. The molecule has 184 valence electrons. The van der Waals surface area contributed by atoms with Crippen molar-refractivity contribution in [2.24, 2.45) is 0 Å². The lowest BCUT2D eigenvalue weighted by atomic mass is 10.1. The summed E-state index contributed by atoms with van der Waals surface area (Å²) in [6.07, 6.45) is 0.862. The van der Waals surface area contributed by atoms with Crippen molar-refractivity contribution in [1.29, 1.82) is 0 Å². The van der Waals surface area contributed by atoms with Gasteiger partial charge >= 0.3 is 0 Å². The van der Waals surface area contributed by atoms with Crippen LogP contribution in [0.5, 0.6) is 0 Å². The Morgan fingerprint density at radius 2 is 1.69 bits per heavy atom. The highest BCUT2D eigenvalue weighted by molar-refractivity contribution is 6.33. The van der Waals surface area contributed by atoms with Crippen LogP contribution in [0.15, 0.2) is 48.5 Å². The first-order valence-electron chi connectivity index (χ1n) is 12.0. The zero-order chi connectivity index (χ0) is 24.9. The Balaban J connectivity index is 1.34. The van der Waals surface area contributed by atoms with E-state index < -0.39 is 0 Å². The van der Waals surface area contributed by atoms with Gasteiger partial charge in [0.1, 0.15) is 5.15 Å². The molecule has 8 heteroatoms. The van der Waals surface area contributed by atoms with E-state index in [0.29, 0.717) is 55.7 Å². The zero-order valence-corrected chi connectivity index (χ0v) is 21.3. The van der Waals surface area contributed by atoms with Crippen molar-refractivity contribution in [3.8, 4) is 0 Å². The number of carbonyl (C=O) groups is 2. The Morgan fingerprint density at radius 1 is 1.00 bits per heavy atom. The average Bonchev–Trinajstić information content (AvgIpc) is 3.13. The highest BCUT2D eigenvalue weighted by Gasteiger charge is 2.28. The highest BCUT2D eigenvalue weighted by Crippen LogP contribution is 2.23. The van der Waals surface area contributed by atoms with Crippen molar-refractivity contribution in [2.45, 2.75) is 33.7 Å². The number of anilines is 1. The third-order valence-corrected chi connectivity index (χ3v) is 6.82. The summed E-state index contributed by atoms with van der Waals surface area (Å²) in [6.45, 7) is 9.08. The number of piperazine rings is 1. The molecule has 1 aromatic heterocycles. The van der Waals surface area contributed by atoms with E-state index in [1.807, 2.05) is 62.4 Å². The van der Waals surface area contributed by atoms with Crippen molar-refractivity contribution in [1.82, 2.24) is 19.6 Å². The average molecular weight is 494 g/mol. The first kappa shape index (κ1) is 24.9. The fourth-order valence-corrected chi connectivity index (χ4v) is 4.69. The molecule has 0 bridgehead atoms. The number of carbonyl (C=O) groups excluding carboxylic acids is 2. The molecular formula is C27H32ClN5O2. The molecule has 2 aromatic carbocycles. The molecule has 2 amide bonds. The van der Waals surface area contributed by atoms with Gasteiger partial charge in [0.05, 0.1) is 24.3 Å². The van der Waals surface area contributed by atoms with Crippen LogP contribution >= 0.6 is 11.6 Å². The van der Waals surface area contributed by atoms with E-state index in [0.717, 1.165) is 23.2 Å². The Bertz CT molecular complexity index is 1200. The van der Waals surface area contributed by atoms with Gasteiger partial charge in [-0.3, -0.25) is 14.5 Å². The van der Waals surface area contributed by atoms with E-state index in [4.69, 9.17) is 11.6 Å². The summed E-state index contributed by atoms with van der Waals surface area (Å²) in [5, 5.41) is 7.91. The molecule has 1 fully saturated rings. The molecule has 1 N–H and O–H groups in total. The molecule has 3 aromatic rings. The smallest absolute Gasteiger partial charge is 0.258 e. The standard InChI is InChI=1S/C27H32ClN5O2/c1-4-22-7-5-6-8-23(22)29-24(34)18-31-13-15-32(16-14-31)27(35)25-20(3)30-33(26(25)28)17-21-11-9-19(2)10-12-21/h5-12H,4,13-18H2,1-3H3,(H,29,34). The van der Waals surface area contributed by atoms with Gasteiger partial charge in [0.25, 0.3) is 5.91 Å². The van der Waals surface area contributed by atoms with Gasteiger partial charge < -0.3 is 10.2 Å². The molecule has 1 saturated heterocycles. The van der Waals surface area contributed by atoms with E-state index >= 15 is 0 Å². The first-order chi connectivity index (χ1) is 16.9. The maximum Gasteiger partial charge on any atom is 0.258 e. The Morgan fingerprint density at radius 3 is 2.37 bits per heavy atom. The third kappa shape index (κ3) is 5.92. The van der Waals surface area contributed by atoms with Crippen LogP contribution in [0.2, 0.25) is 5.15 Å². The number of hydrogen-bond donors (Lipinski definition) is 1. The van der Waals surface area contributed by atoms with E-state index in [1.165, 1.54) is 5.56 Å². The SMILES string of the molecule is CCc1ccccc1NC(=O)CN1CCN(C(=O)c2c(C)nn(Cc3ccc(C)cc3)c2Cl)CC1. The molecule has 0 spiro atoms. The van der Waals surface area contributed by atoms with E-state index in [-0.39, 0.29) is 11.8 Å². The quantitative estimate of drug-likeness (QED) is 0.536. The minimum atomic E-state index is -0.108. The summed E-state index contributed by atoms with van der Waals surface area (Å²) < 4.78 is 1.68. The second-order valence-corrected chi connectivity index (χ2v) is 9.38. The summed E-state index contributed by atoms with van der Waals surface area (Å²) in [5.74, 6) is -0.148. The molecule has 0 aliphatic carbocycles. The molecule has 0 atom stereocenters. The second-order valence-electron chi connectivity index (χ2n) is 9.02. The summed E-state index contributed by atoms with van der Waals surface area (Å²) in [6, 6.07) is 16.0. The van der Waals surface area contributed by atoms with Gasteiger partial charge in [0.15, 0.2) is 0 Å². The molecule has 2 heterocycles. The van der Waals surface area contributed by atoms with Crippen molar-refractivity contribution in [3.63, 3.8) is 0 Å². The third-order valence-electron chi connectivity index (χ3n) is 6.43. The van der Waals surface area contributed by atoms with E-state index in [1.54, 1.807) is 9.58 Å². The number of rotatable bonds is 7. The van der Waals surface area contributed by atoms with E-state index in [2.05, 4.69) is 22.2 Å². The van der Waals surface area contributed by atoms with Gasteiger partial charge in [0, 0.05) is 31.9 Å². The monoisotopic (exact) mass is 493 g/mol. The van der Waals surface area contributed by atoms with Crippen molar-refractivity contribution >= 4 is 29.1 Å². The molecule has 1 aliphatic rings. The number of halogens is 1. The maximum absolute atomic E-state index is 13.3. The number of amides is 2. The summed E-state index contributed by atoms with van der Waals surface area (Å²) in [5.41, 5.74) is 5.33. The van der Waals surface area contributed by atoms with Gasteiger partial charge in [-0.15, -0.1) is 0 Å². The Kier molecular flexibility index (Phi) is 7.88. The molecule has 35 heavy (non-hydrogen) atoms. The number of nitrogens with zero attached hydrogens (tertiary/aromatic N) is 4. The van der Waals surface area contributed by atoms with Gasteiger partial charge in [-0.2, -0.15) is 5.10 Å². The summed E-state index contributed by atoms with van der Waals surface area (Å²) in [7, 11) is 0. The lowest BCUT2D eigenvalue weighted by Crippen LogP contribution is -2.50. The molecule has 1 aliphatic heterocycles. The van der Waals surface area contributed by atoms with Gasteiger partial charge in [-0.25, -0.2) is 4.68 Å².